The highest BCUT2D eigenvalue weighted by Gasteiger charge is 2.13. The number of pyridine rings is 1. The Morgan fingerprint density at radius 2 is 2.15 bits per heavy atom. The number of carboxylic acid groups (broad SMARTS) is 1. The van der Waals surface area contributed by atoms with E-state index in [1.165, 1.54) is 0 Å². The van der Waals surface area contributed by atoms with Crippen molar-refractivity contribution in [3.05, 3.63) is 54.2 Å². The Morgan fingerprint density at radius 3 is 2.90 bits per heavy atom. The Bertz CT molecular complexity index is 793. The molecule has 3 aromatic rings. The first-order valence-corrected chi connectivity index (χ1v) is 6.36. The monoisotopic (exact) mass is 267 g/mol. The summed E-state index contributed by atoms with van der Waals surface area (Å²) in [6, 6.07) is 9.10. The first-order valence-electron chi connectivity index (χ1n) is 6.36. The molecule has 2 aromatic heterocycles. The fourth-order valence-electron chi connectivity index (χ4n) is 2.28. The first-order chi connectivity index (χ1) is 9.70. The minimum atomic E-state index is -1.03. The van der Waals surface area contributed by atoms with Gasteiger partial charge in [0.15, 0.2) is 5.69 Å². The Kier molecular flexibility index (Phi) is 2.95. The normalized spacial score (nSPS) is 10.8. The summed E-state index contributed by atoms with van der Waals surface area (Å²) in [5, 5.41) is 10.1. The molecule has 100 valence electrons. The largest absolute Gasteiger partial charge is 0.477 e. The van der Waals surface area contributed by atoms with Crippen molar-refractivity contribution in [2.45, 2.75) is 13.3 Å². The SMILES string of the molecule is CCc1nccn1-c1cc(C(=O)O)nc2ccccc12. The lowest BCUT2D eigenvalue weighted by Gasteiger charge is -2.11. The number of fused-ring (bicyclic) bond motifs is 1. The molecule has 0 amide bonds. The van der Waals surface area contributed by atoms with Crippen LogP contribution in [0.15, 0.2) is 42.7 Å². The van der Waals surface area contributed by atoms with E-state index >= 15 is 0 Å². The molecule has 5 heteroatoms. The Balaban J connectivity index is 2.36. The van der Waals surface area contributed by atoms with Crippen LogP contribution in [-0.2, 0) is 6.42 Å². The van der Waals surface area contributed by atoms with Crippen LogP contribution in [0.3, 0.4) is 0 Å². The lowest BCUT2D eigenvalue weighted by Crippen LogP contribution is -2.06. The van der Waals surface area contributed by atoms with Gasteiger partial charge in [-0.15, -0.1) is 0 Å². The van der Waals surface area contributed by atoms with E-state index in [9.17, 15) is 9.90 Å². The van der Waals surface area contributed by atoms with Gasteiger partial charge in [-0.25, -0.2) is 14.8 Å². The van der Waals surface area contributed by atoms with Crippen LogP contribution in [0, 0.1) is 0 Å². The highest BCUT2D eigenvalue weighted by molar-refractivity contribution is 5.94. The number of para-hydroxylation sites is 1. The van der Waals surface area contributed by atoms with Crippen LogP contribution < -0.4 is 0 Å². The maximum atomic E-state index is 11.2. The van der Waals surface area contributed by atoms with Gasteiger partial charge in [0.2, 0.25) is 0 Å². The van der Waals surface area contributed by atoms with Crippen molar-refractivity contribution >= 4 is 16.9 Å². The van der Waals surface area contributed by atoms with Crippen LogP contribution in [0.1, 0.15) is 23.2 Å². The topological polar surface area (TPSA) is 68.0 Å². The van der Waals surface area contributed by atoms with Gasteiger partial charge in [-0.1, -0.05) is 25.1 Å². The Morgan fingerprint density at radius 1 is 1.35 bits per heavy atom. The van der Waals surface area contributed by atoms with Gasteiger partial charge in [-0.2, -0.15) is 0 Å². The lowest BCUT2D eigenvalue weighted by molar-refractivity contribution is 0.0691. The van der Waals surface area contributed by atoms with Crippen molar-refractivity contribution in [2.24, 2.45) is 0 Å². The van der Waals surface area contributed by atoms with Gasteiger partial charge < -0.3 is 9.67 Å². The fraction of sp³-hybridized carbons (Fsp3) is 0.133. The van der Waals surface area contributed by atoms with Crippen molar-refractivity contribution in [1.82, 2.24) is 14.5 Å². The number of hydrogen-bond acceptors (Lipinski definition) is 3. The van der Waals surface area contributed by atoms with Gasteiger partial charge in [-0.05, 0) is 12.1 Å². The van der Waals surface area contributed by atoms with Gasteiger partial charge in [0.05, 0.1) is 11.2 Å². The second-order valence-electron chi connectivity index (χ2n) is 4.42. The molecule has 0 aliphatic heterocycles. The van der Waals surface area contributed by atoms with Gasteiger partial charge >= 0.3 is 5.97 Å². The minimum absolute atomic E-state index is 0.0365. The maximum Gasteiger partial charge on any atom is 0.354 e. The van der Waals surface area contributed by atoms with Crippen molar-refractivity contribution in [2.75, 3.05) is 0 Å². The van der Waals surface area contributed by atoms with Gasteiger partial charge in [0, 0.05) is 24.2 Å². The standard InChI is InChI=1S/C15H13N3O2/c1-2-14-16-7-8-18(14)13-9-12(15(19)20)17-11-6-4-3-5-10(11)13/h3-9H,2H2,1H3,(H,19,20). The molecular formula is C15H13N3O2. The average molecular weight is 267 g/mol. The molecule has 0 aliphatic carbocycles. The van der Waals surface area contributed by atoms with E-state index < -0.39 is 5.97 Å². The zero-order valence-electron chi connectivity index (χ0n) is 10.9. The van der Waals surface area contributed by atoms with Crippen LogP contribution in [0.5, 0.6) is 0 Å². The van der Waals surface area contributed by atoms with Gasteiger partial charge in [0.1, 0.15) is 5.82 Å². The highest BCUT2D eigenvalue weighted by Crippen LogP contribution is 2.23. The summed E-state index contributed by atoms with van der Waals surface area (Å²) in [5.74, 6) is -0.146. The quantitative estimate of drug-likeness (QED) is 0.792. The average Bonchev–Trinajstić information content (AvgIpc) is 2.94. The predicted octanol–water partition coefficient (Wildman–Crippen LogP) is 2.68. The minimum Gasteiger partial charge on any atom is -0.477 e. The van der Waals surface area contributed by atoms with E-state index in [0.717, 1.165) is 23.3 Å². The van der Waals surface area contributed by atoms with E-state index in [2.05, 4.69) is 9.97 Å². The molecule has 0 atom stereocenters. The number of hydrogen-bond donors (Lipinski definition) is 1. The molecule has 1 N–H and O–H groups in total. The van der Waals surface area contributed by atoms with E-state index in [1.54, 1.807) is 12.3 Å². The molecule has 0 saturated carbocycles. The van der Waals surface area contributed by atoms with Crippen molar-refractivity contribution in [1.29, 1.82) is 0 Å². The highest BCUT2D eigenvalue weighted by atomic mass is 16.4. The molecular weight excluding hydrogens is 254 g/mol. The second-order valence-corrected chi connectivity index (χ2v) is 4.42. The van der Waals surface area contributed by atoms with E-state index in [0.29, 0.717) is 5.52 Å². The van der Waals surface area contributed by atoms with Crippen molar-refractivity contribution in [3.63, 3.8) is 0 Å². The number of carboxylic acids is 1. The number of rotatable bonds is 3. The van der Waals surface area contributed by atoms with E-state index in [4.69, 9.17) is 0 Å². The van der Waals surface area contributed by atoms with Crippen LogP contribution in [0.25, 0.3) is 16.6 Å². The molecule has 0 saturated heterocycles. The van der Waals surface area contributed by atoms with Crippen LogP contribution in [-0.4, -0.2) is 25.6 Å². The van der Waals surface area contributed by atoms with Crippen molar-refractivity contribution in [3.8, 4) is 5.69 Å². The number of carbonyl (C=O) groups is 1. The number of aromatic nitrogens is 3. The summed E-state index contributed by atoms with van der Waals surface area (Å²) < 4.78 is 1.91. The van der Waals surface area contributed by atoms with Gasteiger partial charge in [0.25, 0.3) is 0 Å². The number of nitrogens with zero attached hydrogens (tertiary/aromatic N) is 3. The van der Waals surface area contributed by atoms with Crippen LogP contribution in [0.4, 0.5) is 0 Å². The summed E-state index contributed by atoms with van der Waals surface area (Å²) in [6.07, 6.45) is 4.33. The first kappa shape index (κ1) is 12.3. The molecule has 2 heterocycles. The molecule has 0 fully saturated rings. The second kappa shape index (κ2) is 4.77. The summed E-state index contributed by atoms with van der Waals surface area (Å²) in [5.41, 5.74) is 1.50. The fourth-order valence-corrected chi connectivity index (χ4v) is 2.28. The van der Waals surface area contributed by atoms with E-state index in [-0.39, 0.29) is 5.69 Å². The molecule has 3 rings (SSSR count). The Labute approximate surface area is 115 Å². The number of imidazole rings is 1. The predicted molar refractivity (Wildman–Crippen MR) is 75.2 cm³/mol. The smallest absolute Gasteiger partial charge is 0.354 e. The van der Waals surface area contributed by atoms with Gasteiger partial charge in [-0.3, -0.25) is 0 Å². The van der Waals surface area contributed by atoms with Crippen molar-refractivity contribution < 1.29 is 9.90 Å². The number of aromatic carboxylic acids is 1. The maximum absolute atomic E-state index is 11.2. The zero-order valence-corrected chi connectivity index (χ0v) is 10.9. The number of benzene rings is 1. The third-order valence-electron chi connectivity index (χ3n) is 3.21. The zero-order chi connectivity index (χ0) is 14.1. The third-order valence-corrected chi connectivity index (χ3v) is 3.21. The lowest BCUT2D eigenvalue weighted by atomic mass is 10.1. The molecule has 1 aromatic carbocycles. The summed E-state index contributed by atoms with van der Waals surface area (Å²) in [4.78, 5) is 19.7. The Hall–Kier alpha value is -2.69. The molecule has 0 bridgehead atoms. The molecule has 0 radical (unpaired) electrons. The van der Waals surface area contributed by atoms with Crippen LogP contribution in [0.2, 0.25) is 0 Å². The number of aryl methyl sites for hydroxylation is 1. The molecule has 0 unspecified atom stereocenters. The third kappa shape index (κ3) is 1.93. The van der Waals surface area contributed by atoms with Crippen LogP contribution >= 0.6 is 0 Å². The molecule has 0 spiro atoms. The molecule has 5 nitrogen and oxygen atoms in total. The summed E-state index contributed by atoms with van der Waals surface area (Å²) >= 11 is 0. The molecule has 0 aliphatic rings. The van der Waals surface area contributed by atoms with E-state index in [1.807, 2.05) is 42.0 Å². The summed E-state index contributed by atoms with van der Waals surface area (Å²) in [7, 11) is 0. The summed E-state index contributed by atoms with van der Waals surface area (Å²) in [6.45, 7) is 2.01. The molecule has 20 heavy (non-hydrogen) atoms.